The molecule has 0 heterocycles. The lowest BCUT2D eigenvalue weighted by Crippen LogP contribution is -2.37. The fourth-order valence-corrected chi connectivity index (χ4v) is 4.49. The molecule has 0 aromatic heterocycles. The highest BCUT2D eigenvalue weighted by Crippen LogP contribution is 2.27. The van der Waals surface area contributed by atoms with Crippen LogP contribution in [0.5, 0.6) is 0 Å². The minimum absolute atomic E-state index is 0.0364. The summed E-state index contributed by atoms with van der Waals surface area (Å²) in [7, 11) is -3.89. The van der Waals surface area contributed by atoms with E-state index in [-0.39, 0.29) is 30.2 Å². The molecule has 0 spiro atoms. The number of nitro groups is 1. The van der Waals surface area contributed by atoms with Gasteiger partial charge in [0, 0.05) is 31.8 Å². The number of hydrogen-bond donors (Lipinski definition) is 1. The Morgan fingerprint density at radius 2 is 1.77 bits per heavy atom. The van der Waals surface area contributed by atoms with E-state index < -0.39 is 14.9 Å². The van der Waals surface area contributed by atoms with Gasteiger partial charge in [-0.15, -0.1) is 0 Å². The first-order valence-corrected chi connectivity index (χ1v) is 9.71. The van der Waals surface area contributed by atoms with E-state index in [1.54, 1.807) is 13.8 Å². The smallest absolute Gasteiger partial charge is 0.271 e. The van der Waals surface area contributed by atoms with Gasteiger partial charge in [0.05, 0.1) is 9.82 Å². The largest absolute Gasteiger partial charge is 0.329 e. The van der Waals surface area contributed by atoms with Crippen LogP contribution in [-0.2, 0) is 16.4 Å². The van der Waals surface area contributed by atoms with Crippen molar-refractivity contribution in [3.05, 3.63) is 69.3 Å². The average Bonchev–Trinajstić information content (AvgIpc) is 2.61. The van der Waals surface area contributed by atoms with Gasteiger partial charge in [0.15, 0.2) is 0 Å². The molecule has 0 unspecified atom stereocenters. The molecule has 2 N–H and O–H groups in total. The van der Waals surface area contributed by atoms with Crippen molar-refractivity contribution in [2.45, 2.75) is 25.2 Å². The van der Waals surface area contributed by atoms with Crippen LogP contribution in [0.4, 0.5) is 5.69 Å². The number of aryl methyl sites for hydroxylation is 1. The number of nitrogens with two attached hydrogens (primary N) is 1. The number of nitro benzene ring substituents is 1. The Morgan fingerprint density at radius 1 is 1.12 bits per heavy atom. The zero-order valence-corrected chi connectivity index (χ0v) is 15.7. The van der Waals surface area contributed by atoms with Crippen molar-refractivity contribution >= 4 is 15.7 Å². The molecule has 8 heteroatoms. The first kappa shape index (κ1) is 20.0. The Kier molecular flexibility index (Phi) is 6.47. The second-order valence-electron chi connectivity index (χ2n) is 6.07. The van der Waals surface area contributed by atoms with Crippen LogP contribution < -0.4 is 5.73 Å². The molecule has 26 heavy (non-hydrogen) atoms. The molecule has 0 saturated carbocycles. The van der Waals surface area contributed by atoms with Gasteiger partial charge in [0.1, 0.15) is 0 Å². The summed E-state index contributed by atoms with van der Waals surface area (Å²) in [6, 6.07) is 12.0. The SMILES string of the molecule is Cc1cc([N+](=O)[O-])cc(S(=O)(=O)N(CCN)CCc2ccccc2)c1C. The lowest BCUT2D eigenvalue weighted by Gasteiger charge is -2.23. The second kappa shape index (κ2) is 8.39. The van der Waals surface area contributed by atoms with Gasteiger partial charge in [-0.1, -0.05) is 30.3 Å². The van der Waals surface area contributed by atoms with Crippen LogP contribution in [0.25, 0.3) is 0 Å². The highest BCUT2D eigenvalue weighted by Gasteiger charge is 2.28. The maximum atomic E-state index is 13.1. The molecule has 2 aromatic carbocycles. The molecule has 0 fully saturated rings. The van der Waals surface area contributed by atoms with Crippen molar-refractivity contribution in [2.24, 2.45) is 5.73 Å². The highest BCUT2D eigenvalue weighted by atomic mass is 32.2. The topological polar surface area (TPSA) is 107 Å². The lowest BCUT2D eigenvalue weighted by molar-refractivity contribution is -0.385. The molecule has 2 rings (SSSR count). The molecule has 140 valence electrons. The predicted molar refractivity (Wildman–Crippen MR) is 101 cm³/mol. The van der Waals surface area contributed by atoms with Crippen LogP contribution in [0, 0.1) is 24.0 Å². The lowest BCUT2D eigenvalue weighted by atomic mass is 10.1. The number of nitrogens with zero attached hydrogens (tertiary/aromatic N) is 2. The van der Waals surface area contributed by atoms with Crippen molar-refractivity contribution in [1.82, 2.24) is 4.31 Å². The van der Waals surface area contributed by atoms with Gasteiger partial charge in [-0.05, 0) is 37.0 Å². The first-order valence-electron chi connectivity index (χ1n) is 8.27. The molecule has 0 radical (unpaired) electrons. The Morgan fingerprint density at radius 3 is 2.35 bits per heavy atom. The van der Waals surface area contributed by atoms with Gasteiger partial charge in [0.25, 0.3) is 5.69 Å². The summed E-state index contributed by atoms with van der Waals surface area (Å²) >= 11 is 0. The number of hydrogen-bond acceptors (Lipinski definition) is 5. The Labute approximate surface area is 153 Å². The number of non-ortho nitro benzene ring substituents is 1. The predicted octanol–water partition coefficient (Wildman–Crippen LogP) is 2.40. The maximum absolute atomic E-state index is 13.1. The molecule has 0 aliphatic rings. The van der Waals surface area contributed by atoms with Gasteiger partial charge in [-0.3, -0.25) is 10.1 Å². The average molecular weight is 377 g/mol. The molecule has 0 atom stereocenters. The van der Waals surface area contributed by atoms with Crippen molar-refractivity contribution < 1.29 is 13.3 Å². The molecule has 0 saturated heterocycles. The maximum Gasteiger partial charge on any atom is 0.271 e. The van der Waals surface area contributed by atoms with Crippen LogP contribution in [0.3, 0.4) is 0 Å². The third kappa shape index (κ3) is 4.46. The van der Waals surface area contributed by atoms with E-state index in [9.17, 15) is 18.5 Å². The number of sulfonamides is 1. The van der Waals surface area contributed by atoms with Gasteiger partial charge < -0.3 is 5.73 Å². The fourth-order valence-electron chi connectivity index (χ4n) is 2.72. The van der Waals surface area contributed by atoms with Crippen LogP contribution >= 0.6 is 0 Å². The van der Waals surface area contributed by atoms with Gasteiger partial charge in [-0.25, -0.2) is 8.42 Å². The summed E-state index contributed by atoms with van der Waals surface area (Å²) in [5, 5.41) is 11.1. The number of rotatable bonds is 8. The summed E-state index contributed by atoms with van der Waals surface area (Å²) in [5.41, 5.74) is 7.46. The van der Waals surface area contributed by atoms with Crippen molar-refractivity contribution in [1.29, 1.82) is 0 Å². The zero-order chi connectivity index (χ0) is 19.3. The highest BCUT2D eigenvalue weighted by molar-refractivity contribution is 7.89. The van der Waals surface area contributed by atoms with E-state index in [4.69, 9.17) is 5.73 Å². The normalized spacial score (nSPS) is 11.7. The summed E-state index contributed by atoms with van der Waals surface area (Å²) in [6.45, 7) is 3.89. The third-order valence-electron chi connectivity index (χ3n) is 4.30. The zero-order valence-electron chi connectivity index (χ0n) is 14.9. The molecule has 7 nitrogen and oxygen atoms in total. The van der Waals surface area contributed by atoms with Gasteiger partial charge in [0.2, 0.25) is 10.0 Å². The van der Waals surface area contributed by atoms with E-state index in [2.05, 4.69) is 0 Å². The Bertz CT molecular complexity index is 883. The first-order chi connectivity index (χ1) is 12.3. The number of benzene rings is 2. The van der Waals surface area contributed by atoms with Crippen molar-refractivity contribution in [2.75, 3.05) is 19.6 Å². The fraction of sp³-hybridized carbons (Fsp3) is 0.333. The standard InChI is InChI=1S/C18H23N3O4S/c1-14-12-17(21(22)23)13-18(15(14)2)26(24,25)20(11-9-19)10-8-16-6-4-3-5-7-16/h3-7,12-13H,8-11,19H2,1-2H3. The minimum atomic E-state index is -3.89. The summed E-state index contributed by atoms with van der Waals surface area (Å²) in [6.07, 6.45) is 0.535. The van der Waals surface area contributed by atoms with Crippen molar-refractivity contribution in [3.63, 3.8) is 0 Å². The van der Waals surface area contributed by atoms with Gasteiger partial charge >= 0.3 is 0 Å². The molecule has 2 aromatic rings. The molecule has 0 aliphatic heterocycles. The van der Waals surface area contributed by atoms with E-state index in [0.717, 1.165) is 11.6 Å². The molecular formula is C18H23N3O4S. The summed E-state index contributed by atoms with van der Waals surface area (Å²) in [4.78, 5) is 10.5. The van der Waals surface area contributed by atoms with E-state index in [1.807, 2.05) is 30.3 Å². The quantitative estimate of drug-likeness (QED) is 0.561. The van der Waals surface area contributed by atoms with Crippen LogP contribution in [0.2, 0.25) is 0 Å². The van der Waals surface area contributed by atoms with Gasteiger partial charge in [-0.2, -0.15) is 4.31 Å². The molecular weight excluding hydrogens is 354 g/mol. The Balaban J connectivity index is 2.39. The van der Waals surface area contributed by atoms with Crippen LogP contribution in [0.1, 0.15) is 16.7 Å². The molecule has 0 bridgehead atoms. The molecule has 0 amide bonds. The second-order valence-corrected chi connectivity index (χ2v) is 7.98. The summed E-state index contributed by atoms with van der Waals surface area (Å²) in [5.74, 6) is 0. The van der Waals surface area contributed by atoms with Crippen molar-refractivity contribution in [3.8, 4) is 0 Å². The van der Waals surface area contributed by atoms with E-state index >= 15 is 0 Å². The third-order valence-corrected chi connectivity index (χ3v) is 6.33. The van der Waals surface area contributed by atoms with E-state index in [1.165, 1.54) is 10.4 Å². The molecule has 0 aliphatic carbocycles. The van der Waals surface area contributed by atoms with Crippen LogP contribution in [0.15, 0.2) is 47.4 Å². The Hall–Kier alpha value is -2.29. The van der Waals surface area contributed by atoms with Crippen LogP contribution in [-0.4, -0.2) is 37.3 Å². The minimum Gasteiger partial charge on any atom is -0.329 e. The monoisotopic (exact) mass is 377 g/mol. The van der Waals surface area contributed by atoms with E-state index in [0.29, 0.717) is 17.5 Å². The summed E-state index contributed by atoms with van der Waals surface area (Å²) < 4.78 is 27.6.